The second kappa shape index (κ2) is 9.08. The highest BCUT2D eigenvalue weighted by Gasteiger charge is 2.57. The molecule has 6 nitrogen and oxygen atoms in total. The highest BCUT2D eigenvalue weighted by molar-refractivity contribution is 5.91. The van der Waals surface area contributed by atoms with Gasteiger partial charge in [-0.25, -0.2) is 4.79 Å². The smallest absolute Gasteiger partial charge is 0.335 e. The van der Waals surface area contributed by atoms with Crippen LogP contribution in [0.25, 0.3) is 0 Å². The molecular formula is C26H36N2O4. The minimum absolute atomic E-state index is 0.0201. The van der Waals surface area contributed by atoms with Crippen molar-refractivity contribution in [2.45, 2.75) is 64.6 Å². The van der Waals surface area contributed by atoms with Crippen molar-refractivity contribution < 1.29 is 19.7 Å². The molecule has 6 heteroatoms. The van der Waals surface area contributed by atoms with Crippen LogP contribution in [0.4, 0.5) is 0 Å². The number of hydrogen-bond donors (Lipinski definition) is 3. The van der Waals surface area contributed by atoms with E-state index in [0.29, 0.717) is 25.1 Å². The Labute approximate surface area is 190 Å². The fourth-order valence-corrected chi connectivity index (χ4v) is 6.59. The van der Waals surface area contributed by atoms with Crippen LogP contribution < -0.4 is 5.32 Å². The number of carbonyl (C=O) groups excluding carboxylic acids is 1. The molecule has 0 bridgehead atoms. The summed E-state index contributed by atoms with van der Waals surface area (Å²) in [5.74, 6) is 0.124. The van der Waals surface area contributed by atoms with E-state index in [1.807, 2.05) is 31.3 Å². The number of nitrogens with zero attached hydrogens (tertiary/aromatic N) is 1. The molecular weight excluding hydrogens is 404 g/mol. The number of rotatable bonds is 7. The summed E-state index contributed by atoms with van der Waals surface area (Å²) in [5, 5.41) is 24.6. The zero-order valence-corrected chi connectivity index (χ0v) is 19.2. The van der Waals surface area contributed by atoms with Gasteiger partial charge >= 0.3 is 5.97 Å². The number of hydrogen-bond acceptors (Lipinski definition) is 6. The Balaban J connectivity index is 1.61. The number of aromatic nitrogens is 1. The molecule has 3 N–H and O–H groups in total. The fraction of sp³-hybridized carbons (Fsp3) is 0.615. The number of fused-ring (bicyclic) bond motifs is 1. The van der Waals surface area contributed by atoms with Crippen LogP contribution in [0, 0.1) is 22.7 Å². The third-order valence-electron chi connectivity index (χ3n) is 8.57. The average Bonchev–Trinajstić information content (AvgIpc) is 3.22. The lowest BCUT2D eigenvalue weighted by molar-refractivity contribution is -0.153. The molecule has 0 spiro atoms. The van der Waals surface area contributed by atoms with E-state index in [-0.39, 0.29) is 35.9 Å². The molecule has 0 saturated heterocycles. The zero-order chi connectivity index (χ0) is 22.9. The normalized spacial score (nSPS) is 35.8. The van der Waals surface area contributed by atoms with E-state index in [2.05, 4.69) is 23.8 Å². The molecule has 2 fully saturated rings. The summed E-state index contributed by atoms with van der Waals surface area (Å²) in [6.45, 7) is 9.67. The topological polar surface area (TPSA) is 91.7 Å². The Kier molecular flexibility index (Phi) is 6.57. The molecule has 2 heterocycles. The van der Waals surface area contributed by atoms with E-state index in [0.717, 1.165) is 31.2 Å². The number of aliphatic hydroxyl groups excluding tert-OH is 2. The number of allylic oxidation sites excluding steroid dienone is 1. The zero-order valence-electron chi connectivity index (χ0n) is 19.2. The maximum Gasteiger partial charge on any atom is 0.335 e. The molecule has 0 amide bonds. The van der Waals surface area contributed by atoms with Gasteiger partial charge in [0.25, 0.3) is 0 Å². The van der Waals surface area contributed by atoms with Gasteiger partial charge in [-0.1, -0.05) is 32.1 Å². The number of carbonyl (C=O) groups is 1. The predicted octanol–water partition coefficient (Wildman–Crippen LogP) is 3.16. The standard InChI is InChI=1S/C26H36N2O4/c1-17-6-7-22-25(2,10-8-23(30)26(22,3)16-29)20(17)13-21(19-9-12-32-24(19)31)28-15-18-5-4-11-27-14-18/h4-5,9,11,14,20-23,28-30H,1,6-8,10,12-13,15-16H2,2-3H3/t20-,21?,22?,23-,25+,26+/m1/s1. The lowest BCUT2D eigenvalue weighted by Gasteiger charge is -2.60. The number of aliphatic hydroxyl groups is 2. The second-order valence-corrected chi connectivity index (χ2v) is 10.3. The van der Waals surface area contributed by atoms with Crippen LogP contribution in [-0.4, -0.2) is 46.5 Å². The van der Waals surface area contributed by atoms with Crippen molar-refractivity contribution in [3.63, 3.8) is 0 Å². The molecule has 1 aliphatic heterocycles. The molecule has 6 atom stereocenters. The van der Waals surface area contributed by atoms with Gasteiger partial charge in [0.15, 0.2) is 0 Å². The Morgan fingerprint density at radius 2 is 2.19 bits per heavy atom. The summed E-state index contributed by atoms with van der Waals surface area (Å²) in [6.07, 6.45) is 9.08. The maximum atomic E-state index is 12.5. The number of nitrogens with one attached hydrogen (secondary N) is 1. The molecule has 2 saturated carbocycles. The first-order valence-electron chi connectivity index (χ1n) is 11.8. The van der Waals surface area contributed by atoms with Gasteiger partial charge in [0.05, 0.1) is 18.3 Å². The van der Waals surface area contributed by atoms with Crippen molar-refractivity contribution in [2.75, 3.05) is 13.2 Å². The van der Waals surface area contributed by atoms with Gasteiger partial charge < -0.3 is 20.3 Å². The first kappa shape index (κ1) is 23.1. The first-order valence-corrected chi connectivity index (χ1v) is 11.8. The van der Waals surface area contributed by atoms with E-state index in [9.17, 15) is 15.0 Å². The van der Waals surface area contributed by atoms with Crippen molar-refractivity contribution in [3.8, 4) is 0 Å². The molecule has 2 aliphatic carbocycles. The van der Waals surface area contributed by atoms with Gasteiger partial charge in [-0.2, -0.15) is 0 Å². The van der Waals surface area contributed by atoms with Crippen molar-refractivity contribution >= 4 is 5.97 Å². The van der Waals surface area contributed by atoms with E-state index >= 15 is 0 Å². The molecule has 2 unspecified atom stereocenters. The lowest BCUT2D eigenvalue weighted by atomic mass is 9.46. The molecule has 4 rings (SSSR count). The second-order valence-electron chi connectivity index (χ2n) is 10.3. The van der Waals surface area contributed by atoms with Crippen molar-refractivity contribution in [1.82, 2.24) is 10.3 Å². The highest BCUT2D eigenvalue weighted by atomic mass is 16.5. The third kappa shape index (κ3) is 4.04. The SMILES string of the molecule is C=C1CCC2[C@](C)(CO)[C@H](O)CC[C@@]2(C)[C@@H]1CC(NCc1cccnc1)C1=CCOC1=O. The highest BCUT2D eigenvalue weighted by Crippen LogP contribution is 2.61. The summed E-state index contributed by atoms with van der Waals surface area (Å²) in [4.78, 5) is 16.7. The molecule has 3 aliphatic rings. The van der Waals surface area contributed by atoms with Gasteiger partial charge in [0, 0.05) is 30.4 Å². The van der Waals surface area contributed by atoms with Crippen LogP contribution in [0.3, 0.4) is 0 Å². The Morgan fingerprint density at radius 1 is 1.38 bits per heavy atom. The predicted molar refractivity (Wildman–Crippen MR) is 122 cm³/mol. The monoisotopic (exact) mass is 440 g/mol. The van der Waals surface area contributed by atoms with Crippen molar-refractivity contribution in [2.24, 2.45) is 22.7 Å². The van der Waals surface area contributed by atoms with Crippen LogP contribution in [-0.2, 0) is 16.1 Å². The summed E-state index contributed by atoms with van der Waals surface area (Å²) in [6, 6.07) is 3.77. The first-order chi connectivity index (χ1) is 15.3. The van der Waals surface area contributed by atoms with Crippen molar-refractivity contribution in [3.05, 3.63) is 53.9 Å². The summed E-state index contributed by atoms with van der Waals surface area (Å²) >= 11 is 0. The number of esters is 1. The maximum absolute atomic E-state index is 12.5. The summed E-state index contributed by atoms with van der Waals surface area (Å²) in [5.41, 5.74) is 2.35. The van der Waals surface area contributed by atoms with E-state index in [4.69, 9.17) is 4.74 Å². The van der Waals surface area contributed by atoms with Gasteiger partial charge in [-0.15, -0.1) is 0 Å². The molecule has 0 radical (unpaired) electrons. The Hall–Kier alpha value is -2.02. The van der Waals surface area contributed by atoms with Gasteiger partial charge in [-0.05, 0) is 67.1 Å². The van der Waals surface area contributed by atoms with Crippen LogP contribution in [0.2, 0.25) is 0 Å². The third-order valence-corrected chi connectivity index (χ3v) is 8.57. The number of pyridine rings is 1. The van der Waals surface area contributed by atoms with Crippen molar-refractivity contribution in [1.29, 1.82) is 0 Å². The van der Waals surface area contributed by atoms with Crippen LogP contribution in [0.5, 0.6) is 0 Å². The largest absolute Gasteiger partial charge is 0.458 e. The Bertz CT molecular complexity index is 885. The summed E-state index contributed by atoms with van der Waals surface area (Å²) < 4.78 is 5.24. The molecule has 0 aromatic carbocycles. The number of ether oxygens (including phenoxy) is 1. The molecule has 174 valence electrons. The quantitative estimate of drug-likeness (QED) is 0.446. The van der Waals surface area contributed by atoms with E-state index in [1.54, 1.807) is 6.20 Å². The fourth-order valence-electron chi connectivity index (χ4n) is 6.59. The van der Waals surface area contributed by atoms with Crippen LogP contribution >= 0.6 is 0 Å². The Morgan fingerprint density at radius 3 is 2.84 bits per heavy atom. The average molecular weight is 441 g/mol. The molecule has 1 aromatic heterocycles. The van der Waals surface area contributed by atoms with E-state index < -0.39 is 11.5 Å². The molecule has 1 aromatic rings. The summed E-state index contributed by atoms with van der Waals surface area (Å²) in [7, 11) is 0. The van der Waals surface area contributed by atoms with Gasteiger partial charge in [-0.3, -0.25) is 4.98 Å². The van der Waals surface area contributed by atoms with Crippen LogP contribution in [0.1, 0.15) is 51.5 Å². The van der Waals surface area contributed by atoms with Gasteiger partial charge in [0.1, 0.15) is 6.61 Å². The molecule has 32 heavy (non-hydrogen) atoms. The van der Waals surface area contributed by atoms with Gasteiger partial charge in [0.2, 0.25) is 0 Å². The minimum Gasteiger partial charge on any atom is -0.458 e. The van der Waals surface area contributed by atoms with Crippen LogP contribution in [0.15, 0.2) is 48.3 Å². The minimum atomic E-state index is -0.518. The van der Waals surface area contributed by atoms with E-state index in [1.165, 1.54) is 5.57 Å². The lowest BCUT2D eigenvalue weighted by Crippen LogP contribution is -2.58. The number of cyclic esters (lactones) is 1.